The summed E-state index contributed by atoms with van der Waals surface area (Å²) in [5, 5.41) is 9.58. The Morgan fingerprint density at radius 2 is 2.11 bits per heavy atom. The molecule has 1 aliphatic heterocycles. The highest BCUT2D eigenvalue weighted by Crippen LogP contribution is 2.23. The summed E-state index contributed by atoms with van der Waals surface area (Å²) in [6.45, 7) is 2.47. The van der Waals surface area contributed by atoms with Gasteiger partial charge in [-0.05, 0) is 31.9 Å². The van der Waals surface area contributed by atoms with Crippen LogP contribution in [0.5, 0.6) is 5.75 Å². The lowest BCUT2D eigenvalue weighted by Gasteiger charge is -2.27. The maximum absolute atomic E-state index is 12.1. The second-order valence-corrected chi connectivity index (χ2v) is 6.17. The van der Waals surface area contributed by atoms with Crippen molar-refractivity contribution in [1.29, 1.82) is 0 Å². The van der Waals surface area contributed by atoms with Gasteiger partial charge in [0.15, 0.2) is 0 Å². The first-order valence-corrected chi connectivity index (χ1v) is 7.39. The van der Waals surface area contributed by atoms with Crippen LogP contribution in [0.15, 0.2) is 29.2 Å². The molecule has 0 bridgehead atoms. The average Bonchev–Trinajstić information content (AvgIpc) is 2.28. The highest BCUT2D eigenvalue weighted by molar-refractivity contribution is 7.89. The molecule has 100 valence electrons. The number of nitrogens with one attached hydrogen (secondary N) is 1. The van der Waals surface area contributed by atoms with E-state index in [1.807, 2.05) is 6.92 Å². The molecule has 6 heteroatoms. The van der Waals surface area contributed by atoms with E-state index in [-0.39, 0.29) is 22.8 Å². The van der Waals surface area contributed by atoms with E-state index in [4.69, 9.17) is 4.74 Å². The number of para-hydroxylation sites is 1. The number of hydrogen-bond acceptors (Lipinski definition) is 4. The molecule has 0 spiro atoms. The van der Waals surface area contributed by atoms with Crippen LogP contribution in [0.4, 0.5) is 0 Å². The SMILES string of the molecule is CC1CC(NS(=O)(=O)c2ccccc2O)CCO1. The summed E-state index contributed by atoms with van der Waals surface area (Å²) in [5.74, 6) is -0.231. The normalized spacial score (nSPS) is 24.9. The van der Waals surface area contributed by atoms with Gasteiger partial charge in [0.2, 0.25) is 10.0 Å². The molecule has 2 rings (SSSR count). The van der Waals surface area contributed by atoms with Gasteiger partial charge in [0.05, 0.1) is 6.10 Å². The molecule has 0 amide bonds. The van der Waals surface area contributed by atoms with Gasteiger partial charge in [-0.3, -0.25) is 0 Å². The minimum atomic E-state index is -3.67. The summed E-state index contributed by atoms with van der Waals surface area (Å²) >= 11 is 0. The molecule has 1 aliphatic rings. The van der Waals surface area contributed by atoms with Crippen LogP contribution in [-0.2, 0) is 14.8 Å². The van der Waals surface area contributed by atoms with Crippen molar-refractivity contribution >= 4 is 10.0 Å². The number of rotatable bonds is 3. The minimum Gasteiger partial charge on any atom is -0.507 e. The Morgan fingerprint density at radius 3 is 2.78 bits per heavy atom. The highest BCUT2D eigenvalue weighted by Gasteiger charge is 2.26. The van der Waals surface area contributed by atoms with Gasteiger partial charge in [-0.25, -0.2) is 13.1 Å². The van der Waals surface area contributed by atoms with Gasteiger partial charge in [-0.2, -0.15) is 0 Å². The fourth-order valence-electron chi connectivity index (χ4n) is 2.07. The monoisotopic (exact) mass is 271 g/mol. The van der Waals surface area contributed by atoms with Crippen LogP contribution in [0.2, 0.25) is 0 Å². The number of ether oxygens (including phenoxy) is 1. The van der Waals surface area contributed by atoms with E-state index < -0.39 is 10.0 Å². The molecule has 1 fully saturated rings. The summed E-state index contributed by atoms with van der Waals surface area (Å²) in [4.78, 5) is -0.0795. The molecule has 0 aliphatic carbocycles. The molecule has 2 N–H and O–H groups in total. The first-order chi connectivity index (χ1) is 8.49. The molecule has 0 saturated carbocycles. The number of sulfonamides is 1. The van der Waals surface area contributed by atoms with E-state index in [1.165, 1.54) is 12.1 Å². The standard InChI is InChI=1S/C12H17NO4S/c1-9-8-10(6-7-17-9)13-18(15,16)12-5-3-2-4-11(12)14/h2-5,9-10,13-14H,6-8H2,1H3. The fraction of sp³-hybridized carbons (Fsp3) is 0.500. The van der Waals surface area contributed by atoms with Crippen molar-refractivity contribution < 1.29 is 18.3 Å². The van der Waals surface area contributed by atoms with E-state index in [9.17, 15) is 13.5 Å². The van der Waals surface area contributed by atoms with E-state index in [0.29, 0.717) is 19.4 Å². The van der Waals surface area contributed by atoms with E-state index >= 15 is 0 Å². The van der Waals surface area contributed by atoms with Gasteiger partial charge in [-0.15, -0.1) is 0 Å². The smallest absolute Gasteiger partial charge is 0.244 e. The van der Waals surface area contributed by atoms with Gasteiger partial charge in [-0.1, -0.05) is 12.1 Å². The second-order valence-electron chi connectivity index (χ2n) is 4.49. The van der Waals surface area contributed by atoms with Gasteiger partial charge in [0, 0.05) is 12.6 Å². The average molecular weight is 271 g/mol. The Morgan fingerprint density at radius 1 is 1.39 bits per heavy atom. The predicted octanol–water partition coefficient (Wildman–Crippen LogP) is 1.24. The molecule has 1 aromatic carbocycles. The van der Waals surface area contributed by atoms with Gasteiger partial charge in [0.1, 0.15) is 10.6 Å². The van der Waals surface area contributed by atoms with Crippen molar-refractivity contribution in [2.75, 3.05) is 6.61 Å². The molecule has 0 aromatic heterocycles. The Labute approximate surface area is 107 Å². The van der Waals surface area contributed by atoms with Crippen LogP contribution in [0, 0.1) is 0 Å². The van der Waals surface area contributed by atoms with Crippen molar-refractivity contribution in [1.82, 2.24) is 4.72 Å². The lowest BCUT2D eigenvalue weighted by molar-refractivity contribution is 0.0173. The van der Waals surface area contributed by atoms with Crippen LogP contribution in [0.1, 0.15) is 19.8 Å². The summed E-state index contributed by atoms with van der Waals surface area (Å²) in [6.07, 6.45) is 1.35. The fourth-order valence-corrected chi connectivity index (χ4v) is 3.45. The van der Waals surface area contributed by atoms with E-state index in [2.05, 4.69) is 4.72 Å². The minimum absolute atomic E-state index is 0.0517. The van der Waals surface area contributed by atoms with Crippen molar-refractivity contribution in [2.24, 2.45) is 0 Å². The van der Waals surface area contributed by atoms with Crippen LogP contribution < -0.4 is 4.72 Å². The third kappa shape index (κ3) is 3.01. The van der Waals surface area contributed by atoms with Crippen molar-refractivity contribution in [2.45, 2.75) is 36.8 Å². The summed E-state index contributed by atoms with van der Waals surface area (Å²) in [5.41, 5.74) is 0. The van der Waals surface area contributed by atoms with Crippen LogP contribution in [0.25, 0.3) is 0 Å². The summed E-state index contributed by atoms with van der Waals surface area (Å²) in [7, 11) is -3.67. The summed E-state index contributed by atoms with van der Waals surface area (Å²) in [6, 6.07) is 5.78. The van der Waals surface area contributed by atoms with Gasteiger partial charge >= 0.3 is 0 Å². The molecule has 1 saturated heterocycles. The quantitative estimate of drug-likeness (QED) is 0.867. The van der Waals surface area contributed by atoms with Gasteiger partial charge in [0.25, 0.3) is 0 Å². The third-order valence-electron chi connectivity index (χ3n) is 2.96. The Bertz CT molecular complexity index is 515. The third-order valence-corrected chi connectivity index (χ3v) is 4.53. The lowest BCUT2D eigenvalue weighted by atomic mass is 10.1. The first-order valence-electron chi connectivity index (χ1n) is 5.91. The lowest BCUT2D eigenvalue weighted by Crippen LogP contribution is -2.41. The second kappa shape index (κ2) is 5.26. The molecule has 1 heterocycles. The number of hydrogen-bond donors (Lipinski definition) is 2. The zero-order chi connectivity index (χ0) is 13.2. The van der Waals surface area contributed by atoms with Gasteiger partial charge < -0.3 is 9.84 Å². The Kier molecular flexibility index (Phi) is 3.89. The van der Waals surface area contributed by atoms with Crippen molar-refractivity contribution in [3.8, 4) is 5.75 Å². The van der Waals surface area contributed by atoms with E-state index in [0.717, 1.165) is 0 Å². The zero-order valence-corrected chi connectivity index (χ0v) is 11.0. The molecule has 2 unspecified atom stereocenters. The molecular weight excluding hydrogens is 254 g/mol. The Hall–Kier alpha value is -1.11. The summed E-state index contributed by atoms with van der Waals surface area (Å²) < 4.78 is 32.2. The molecule has 1 aromatic rings. The number of phenolic OH excluding ortho intramolecular Hbond substituents is 1. The largest absolute Gasteiger partial charge is 0.507 e. The molecule has 2 atom stereocenters. The first kappa shape index (κ1) is 13.3. The predicted molar refractivity (Wildman–Crippen MR) is 66.9 cm³/mol. The Balaban J connectivity index is 2.15. The molecule has 0 radical (unpaired) electrons. The zero-order valence-electron chi connectivity index (χ0n) is 10.2. The molecular formula is C12H17NO4S. The van der Waals surface area contributed by atoms with Crippen LogP contribution in [-0.4, -0.2) is 32.3 Å². The van der Waals surface area contributed by atoms with Crippen LogP contribution in [0.3, 0.4) is 0 Å². The number of aromatic hydroxyl groups is 1. The maximum atomic E-state index is 12.1. The number of benzene rings is 1. The molecule has 5 nitrogen and oxygen atoms in total. The van der Waals surface area contributed by atoms with Crippen molar-refractivity contribution in [3.05, 3.63) is 24.3 Å². The highest BCUT2D eigenvalue weighted by atomic mass is 32.2. The maximum Gasteiger partial charge on any atom is 0.244 e. The number of phenols is 1. The van der Waals surface area contributed by atoms with E-state index in [1.54, 1.807) is 12.1 Å². The van der Waals surface area contributed by atoms with Crippen LogP contribution >= 0.6 is 0 Å². The molecule has 18 heavy (non-hydrogen) atoms. The topological polar surface area (TPSA) is 75.6 Å². The van der Waals surface area contributed by atoms with Crippen molar-refractivity contribution in [3.63, 3.8) is 0 Å².